The summed E-state index contributed by atoms with van der Waals surface area (Å²) >= 11 is 11.8. The molecule has 0 spiro atoms. The number of halogens is 1. The van der Waals surface area contributed by atoms with Crippen LogP contribution in [-0.4, -0.2) is 15.0 Å². The van der Waals surface area contributed by atoms with Crippen molar-refractivity contribution in [3.63, 3.8) is 0 Å². The summed E-state index contributed by atoms with van der Waals surface area (Å²) in [6.07, 6.45) is 1.80. The molecule has 26 heavy (non-hydrogen) atoms. The number of anilines is 1. The van der Waals surface area contributed by atoms with Crippen LogP contribution in [0.15, 0.2) is 72.9 Å². The highest BCUT2D eigenvalue weighted by atomic mass is 35.5. The van der Waals surface area contributed by atoms with Crippen LogP contribution in [0.25, 0.3) is 0 Å². The summed E-state index contributed by atoms with van der Waals surface area (Å²) in [6, 6.07) is 21.9. The molecule has 1 N–H and O–H groups in total. The summed E-state index contributed by atoms with van der Waals surface area (Å²) in [5.41, 5.74) is 4.17. The smallest absolute Gasteiger partial charge is 0.174 e. The lowest BCUT2D eigenvalue weighted by Crippen LogP contribution is -2.34. The number of thiocarbonyl (C=S) groups is 1. The van der Waals surface area contributed by atoms with Crippen molar-refractivity contribution in [2.45, 2.75) is 20.0 Å². The third-order valence-corrected chi connectivity index (χ3v) is 4.62. The molecule has 0 radical (unpaired) electrons. The number of aromatic nitrogens is 1. The van der Waals surface area contributed by atoms with Crippen molar-refractivity contribution < 1.29 is 0 Å². The van der Waals surface area contributed by atoms with Gasteiger partial charge in [0.05, 0.1) is 12.2 Å². The zero-order valence-electron chi connectivity index (χ0n) is 14.5. The third kappa shape index (κ3) is 5.04. The summed E-state index contributed by atoms with van der Waals surface area (Å²) < 4.78 is 0. The van der Waals surface area contributed by atoms with E-state index < -0.39 is 0 Å². The van der Waals surface area contributed by atoms with E-state index >= 15 is 0 Å². The lowest BCUT2D eigenvalue weighted by Gasteiger charge is -2.26. The van der Waals surface area contributed by atoms with Gasteiger partial charge in [0, 0.05) is 23.5 Å². The number of pyridine rings is 1. The molecular weight excluding hydrogens is 362 g/mol. The maximum absolute atomic E-state index is 6.13. The first-order valence-electron chi connectivity index (χ1n) is 8.38. The molecule has 0 amide bonds. The molecule has 3 rings (SSSR count). The minimum atomic E-state index is 0.626. The number of hydrogen-bond donors (Lipinski definition) is 1. The fourth-order valence-electron chi connectivity index (χ4n) is 2.61. The van der Waals surface area contributed by atoms with Gasteiger partial charge in [-0.25, -0.2) is 0 Å². The van der Waals surface area contributed by atoms with Crippen molar-refractivity contribution in [1.82, 2.24) is 9.88 Å². The molecule has 0 atom stereocenters. The standard InChI is InChI=1S/C21H20ClN3S/c1-16-10-11-18(22)13-20(16)24-21(26)25(14-17-7-3-2-4-8-17)15-19-9-5-6-12-23-19/h2-13H,14-15H2,1H3,(H,24,26). The van der Waals surface area contributed by atoms with Gasteiger partial charge in [0.25, 0.3) is 0 Å². The molecule has 3 aromatic rings. The zero-order chi connectivity index (χ0) is 18.4. The third-order valence-electron chi connectivity index (χ3n) is 4.02. The van der Waals surface area contributed by atoms with Crippen LogP contribution < -0.4 is 5.32 Å². The van der Waals surface area contributed by atoms with Crippen LogP contribution in [-0.2, 0) is 13.1 Å². The number of hydrogen-bond acceptors (Lipinski definition) is 2. The van der Waals surface area contributed by atoms with Crippen molar-refractivity contribution in [2.24, 2.45) is 0 Å². The van der Waals surface area contributed by atoms with Gasteiger partial charge < -0.3 is 10.2 Å². The first kappa shape index (κ1) is 18.4. The van der Waals surface area contributed by atoms with E-state index in [1.54, 1.807) is 6.20 Å². The maximum Gasteiger partial charge on any atom is 0.174 e. The van der Waals surface area contributed by atoms with Crippen molar-refractivity contribution in [3.8, 4) is 0 Å². The Labute approximate surface area is 164 Å². The Hall–Kier alpha value is -2.43. The highest BCUT2D eigenvalue weighted by Gasteiger charge is 2.13. The molecule has 0 aliphatic rings. The van der Waals surface area contributed by atoms with Gasteiger partial charge in [-0.1, -0.05) is 54.1 Å². The molecule has 3 nitrogen and oxygen atoms in total. The Balaban J connectivity index is 1.81. The van der Waals surface area contributed by atoms with E-state index in [1.807, 2.05) is 61.5 Å². The zero-order valence-corrected chi connectivity index (χ0v) is 16.1. The maximum atomic E-state index is 6.13. The molecule has 0 saturated heterocycles. The molecule has 0 unspecified atom stereocenters. The van der Waals surface area contributed by atoms with E-state index in [2.05, 4.69) is 27.3 Å². The number of aryl methyl sites for hydroxylation is 1. The number of nitrogens with zero attached hydrogens (tertiary/aromatic N) is 2. The van der Waals surface area contributed by atoms with E-state index in [0.29, 0.717) is 23.2 Å². The average molecular weight is 382 g/mol. The average Bonchev–Trinajstić information content (AvgIpc) is 2.66. The molecule has 0 fully saturated rings. The van der Waals surface area contributed by atoms with Crippen LogP contribution in [0.4, 0.5) is 5.69 Å². The molecule has 5 heteroatoms. The molecular formula is C21H20ClN3S. The number of rotatable bonds is 5. The Morgan fingerprint density at radius 1 is 1.04 bits per heavy atom. The van der Waals surface area contributed by atoms with Crippen LogP contribution in [0, 0.1) is 6.92 Å². The molecule has 1 heterocycles. The predicted octanol–water partition coefficient (Wildman–Crippen LogP) is 5.44. The lowest BCUT2D eigenvalue weighted by molar-refractivity contribution is 0.407. The van der Waals surface area contributed by atoms with Gasteiger partial charge in [0.15, 0.2) is 5.11 Å². The SMILES string of the molecule is Cc1ccc(Cl)cc1NC(=S)N(Cc1ccccc1)Cc1ccccn1. The molecule has 0 bridgehead atoms. The molecule has 0 aliphatic heterocycles. The second-order valence-corrected chi connectivity index (χ2v) is 6.88. The van der Waals surface area contributed by atoms with Crippen molar-refractivity contribution >= 4 is 34.6 Å². The molecule has 2 aromatic carbocycles. The summed E-state index contributed by atoms with van der Waals surface area (Å²) in [5.74, 6) is 0. The highest BCUT2D eigenvalue weighted by Crippen LogP contribution is 2.21. The highest BCUT2D eigenvalue weighted by molar-refractivity contribution is 7.80. The minimum absolute atomic E-state index is 0.626. The largest absolute Gasteiger partial charge is 0.339 e. The van der Waals surface area contributed by atoms with E-state index in [9.17, 15) is 0 Å². The topological polar surface area (TPSA) is 28.2 Å². The van der Waals surface area contributed by atoms with E-state index in [4.69, 9.17) is 23.8 Å². The van der Waals surface area contributed by atoms with Crippen LogP contribution >= 0.6 is 23.8 Å². The Kier molecular flexibility index (Phi) is 6.21. The summed E-state index contributed by atoms with van der Waals surface area (Å²) in [6.45, 7) is 3.35. The first-order valence-corrected chi connectivity index (χ1v) is 9.16. The fraction of sp³-hybridized carbons (Fsp3) is 0.143. The summed E-state index contributed by atoms with van der Waals surface area (Å²) in [4.78, 5) is 6.54. The van der Waals surface area contributed by atoms with Gasteiger partial charge >= 0.3 is 0 Å². The monoisotopic (exact) mass is 381 g/mol. The molecule has 1 aromatic heterocycles. The Bertz CT molecular complexity index is 827. The van der Waals surface area contributed by atoms with Crippen molar-refractivity contribution in [2.75, 3.05) is 5.32 Å². The Morgan fingerprint density at radius 2 is 1.81 bits per heavy atom. The summed E-state index contributed by atoms with van der Waals surface area (Å²) in [7, 11) is 0. The number of benzene rings is 2. The normalized spacial score (nSPS) is 10.4. The molecule has 0 aliphatic carbocycles. The predicted molar refractivity (Wildman–Crippen MR) is 112 cm³/mol. The second-order valence-electron chi connectivity index (χ2n) is 6.05. The van der Waals surface area contributed by atoms with E-state index in [1.165, 1.54) is 5.56 Å². The minimum Gasteiger partial charge on any atom is -0.339 e. The van der Waals surface area contributed by atoms with Crippen LogP contribution in [0.3, 0.4) is 0 Å². The van der Waals surface area contributed by atoms with Crippen LogP contribution in [0.1, 0.15) is 16.8 Å². The molecule has 132 valence electrons. The van der Waals surface area contributed by atoms with Crippen molar-refractivity contribution in [1.29, 1.82) is 0 Å². The van der Waals surface area contributed by atoms with Gasteiger partial charge in [0.1, 0.15) is 0 Å². The van der Waals surface area contributed by atoms with Crippen LogP contribution in [0.5, 0.6) is 0 Å². The van der Waals surface area contributed by atoms with Crippen molar-refractivity contribution in [3.05, 3.63) is 94.8 Å². The van der Waals surface area contributed by atoms with Gasteiger partial charge in [0.2, 0.25) is 0 Å². The number of nitrogens with one attached hydrogen (secondary N) is 1. The fourth-order valence-corrected chi connectivity index (χ4v) is 3.02. The Morgan fingerprint density at radius 3 is 2.54 bits per heavy atom. The van der Waals surface area contributed by atoms with E-state index in [-0.39, 0.29) is 0 Å². The van der Waals surface area contributed by atoms with E-state index in [0.717, 1.165) is 16.9 Å². The van der Waals surface area contributed by atoms with Gasteiger partial charge in [-0.2, -0.15) is 0 Å². The lowest BCUT2D eigenvalue weighted by atomic mass is 10.2. The van der Waals surface area contributed by atoms with Crippen LogP contribution in [0.2, 0.25) is 5.02 Å². The first-order chi connectivity index (χ1) is 12.6. The second kappa shape index (κ2) is 8.79. The van der Waals surface area contributed by atoms with Gasteiger partial charge in [-0.15, -0.1) is 0 Å². The van der Waals surface area contributed by atoms with Gasteiger partial charge in [-0.3, -0.25) is 4.98 Å². The molecule has 0 saturated carbocycles. The van der Waals surface area contributed by atoms with Gasteiger partial charge in [-0.05, 0) is 54.5 Å². The summed E-state index contributed by atoms with van der Waals surface area (Å²) in [5, 5.41) is 4.66. The quantitative estimate of drug-likeness (QED) is 0.595.